The molecule has 1 aliphatic rings. The first-order valence-electron chi connectivity index (χ1n) is 7.44. The molecule has 0 spiro atoms. The Kier molecular flexibility index (Phi) is 6.20. The van der Waals surface area contributed by atoms with Crippen LogP contribution in [0.25, 0.3) is 0 Å². The first-order chi connectivity index (χ1) is 11.7. The van der Waals surface area contributed by atoms with Gasteiger partial charge in [0.15, 0.2) is 0 Å². The maximum atomic E-state index is 13.3. The number of carbonyl (C=O) groups is 1. The molecule has 0 aliphatic carbocycles. The lowest BCUT2D eigenvalue weighted by Crippen LogP contribution is -2.57. The van der Waals surface area contributed by atoms with Crippen LogP contribution in [0.4, 0.5) is 18.9 Å². The molecule has 1 heterocycles. The van der Waals surface area contributed by atoms with Crippen LogP contribution in [0.1, 0.15) is 10.4 Å². The molecule has 0 saturated carbocycles. The normalized spacial score (nSPS) is 17.1. The number of nitro groups is 1. The highest BCUT2D eigenvalue weighted by atomic mass is 35.5. The van der Waals surface area contributed by atoms with E-state index in [9.17, 15) is 28.1 Å². The molecule has 1 aromatic carbocycles. The highest BCUT2D eigenvalue weighted by Gasteiger charge is 2.43. The van der Waals surface area contributed by atoms with Gasteiger partial charge in [0, 0.05) is 44.9 Å². The Labute approximate surface area is 146 Å². The van der Waals surface area contributed by atoms with Crippen LogP contribution < -0.4 is 10.6 Å². The second kappa shape index (κ2) is 7.98. The molecule has 1 fully saturated rings. The van der Waals surface area contributed by atoms with Gasteiger partial charge in [0.1, 0.15) is 6.04 Å². The van der Waals surface area contributed by atoms with Gasteiger partial charge in [-0.3, -0.25) is 19.8 Å². The van der Waals surface area contributed by atoms with E-state index in [0.29, 0.717) is 13.1 Å². The fraction of sp³-hybridized carbons (Fsp3) is 0.500. The number of halogens is 4. The van der Waals surface area contributed by atoms with Crippen molar-refractivity contribution in [2.24, 2.45) is 0 Å². The molecule has 1 aromatic rings. The van der Waals surface area contributed by atoms with Crippen molar-refractivity contribution in [3.05, 3.63) is 38.9 Å². The molecule has 1 saturated heterocycles. The molecule has 25 heavy (non-hydrogen) atoms. The summed E-state index contributed by atoms with van der Waals surface area (Å²) < 4.78 is 39.8. The van der Waals surface area contributed by atoms with E-state index in [1.807, 2.05) is 0 Å². The predicted molar refractivity (Wildman–Crippen MR) is 84.7 cm³/mol. The van der Waals surface area contributed by atoms with Crippen molar-refractivity contribution in [3.63, 3.8) is 0 Å². The quantitative estimate of drug-likeness (QED) is 0.601. The number of nitrogens with one attached hydrogen (secondary N) is 2. The smallest absolute Gasteiger partial charge is 0.350 e. The molecule has 0 radical (unpaired) electrons. The van der Waals surface area contributed by atoms with Crippen molar-refractivity contribution in [2.45, 2.75) is 12.2 Å². The maximum Gasteiger partial charge on any atom is 0.405 e. The van der Waals surface area contributed by atoms with E-state index in [4.69, 9.17) is 11.6 Å². The third-order valence-electron chi connectivity index (χ3n) is 3.83. The summed E-state index contributed by atoms with van der Waals surface area (Å²) in [5, 5.41) is 15.6. The van der Waals surface area contributed by atoms with Crippen LogP contribution in [0.2, 0.25) is 5.02 Å². The summed E-state index contributed by atoms with van der Waals surface area (Å²) in [5.41, 5.74) is -0.427. The monoisotopic (exact) mass is 380 g/mol. The fourth-order valence-electron chi connectivity index (χ4n) is 2.53. The van der Waals surface area contributed by atoms with Crippen LogP contribution >= 0.6 is 11.6 Å². The molecule has 138 valence electrons. The second-order valence-electron chi connectivity index (χ2n) is 5.47. The van der Waals surface area contributed by atoms with Crippen LogP contribution in [0.5, 0.6) is 0 Å². The van der Waals surface area contributed by atoms with Crippen molar-refractivity contribution >= 4 is 23.2 Å². The van der Waals surface area contributed by atoms with Gasteiger partial charge in [-0.2, -0.15) is 13.2 Å². The average Bonchev–Trinajstić information content (AvgIpc) is 2.54. The zero-order chi connectivity index (χ0) is 18.6. The van der Waals surface area contributed by atoms with Gasteiger partial charge in [-0.25, -0.2) is 0 Å². The number of nitro benzene ring substituents is 1. The van der Waals surface area contributed by atoms with Gasteiger partial charge < -0.3 is 10.6 Å². The Balaban J connectivity index is 2.07. The minimum Gasteiger partial charge on any atom is -0.350 e. The zero-order valence-corrected chi connectivity index (χ0v) is 13.7. The number of piperazine rings is 1. The van der Waals surface area contributed by atoms with Crippen molar-refractivity contribution in [1.82, 2.24) is 15.5 Å². The average molecular weight is 381 g/mol. The summed E-state index contributed by atoms with van der Waals surface area (Å²) in [4.78, 5) is 23.3. The summed E-state index contributed by atoms with van der Waals surface area (Å²) in [5.74, 6) is -0.815. The Bertz CT molecular complexity index is 651. The van der Waals surface area contributed by atoms with Crippen molar-refractivity contribution in [2.75, 3.05) is 32.7 Å². The predicted octanol–water partition coefficient (Wildman–Crippen LogP) is 1.81. The molecule has 7 nitrogen and oxygen atoms in total. The summed E-state index contributed by atoms with van der Waals surface area (Å²) in [6.07, 6.45) is -4.50. The number of hydrogen-bond acceptors (Lipinski definition) is 5. The standard InChI is InChI=1S/C14H16ClF3N4O3/c15-11-7-9(22(24)25)1-2-10(11)13(23)20-8-12(14(16,17)18)21-5-3-19-4-6-21/h1-2,7,12,19H,3-6,8H2,(H,20,23). The lowest BCUT2D eigenvalue weighted by Gasteiger charge is -2.35. The van der Waals surface area contributed by atoms with E-state index in [0.717, 1.165) is 18.2 Å². The Morgan fingerprint density at radius 1 is 1.40 bits per heavy atom. The largest absolute Gasteiger partial charge is 0.405 e. The number of non-ortho nitro benzene ring substituents is 1. The van der Waals surface area contributed by atoms with E-state index in [2.05, 4.69) is 10.6 Å². The number of benzene rings is 1. The molecule has 1 atom stereocenters. The van der Waals surface area contributed by atoms with Crippen molar-refractivity contribution in [3.8, 4) is 0 Å². The van der Waals surface area contributed by atoms with Gasteiger partial charge in [0.25, 0.3) is 11.6 Å². The molecule has 0 bridgehead atoms. The Hall–Kier alpha value is -1.91. The Morgan fingerprint density at radius 3 is 2.56 bits per heavy atom. The lowest BCUT2D eigenvalue weighted by atomic mass is 10.1. The van der Waals surface area contributed by atoms with Gasteiger partial charge in [0.05, 0.1) is 15.5 Å². The minimum atomic E-state index is -4.50. The van der Waals surface area contributed by atoms with Gasteiger partial charge in [0.2, 0.25) is 0 Å². The molecule has 2 rings (SSSR count). The summed E-state index contributed by atoms with van der Waals surface area (Å²) in [7, 11) is 0. The van der Waals surface area contributed by atoms with Crippen LogP contribution in [-0.4, -0.2) is 60.7 Å². The van der Waals surface area contributed by atoms with E-state index in [1.165, 1.54) is 4.90 Å². The molecular weight excluding hydrogens is 365 g/mol. The van der Waals surface area contributed by atoms with Crippen LogP contribution in [0, 0.1) is 10.1 Å². The number of rotatable bonds is 5. The van der Waals surface area contributed by atoms with Gasteiger partial charge in [-0.15, -0.1) is 0 Å². The number of carbonyl (C=O) groups excluding carboxylic acids is 1. The van der Waals surface area contributed by atoms with Crippen LogP contribution in [0.3, 0.4) is 0 Å². The molecule has 1 aliphatic heterocycles. The summed E-state index contributed by atoms with van der Waals surface area (Å²) >= 11 is 5.82. The van der Waals surface area contributed by atoms with E-state index >= 15 is 0 Å². The van der Waals surface area contributed by atoms with Gasteiger partial charge in [-0.1, -0.05) is 11.6 Å². The highest BCUT2D eigenvalue weighted by molar-refractivity contribution is 6.34. The summed E-state index contributed by atoms with van der Waals surface area (Å²) in [6, 6.07) is 1.35. The molecule has 2 N–H and O–H groups in total. The number of amides is 1. The van der Waals surface area contributed by atoms with Crippen molar-refractivity contribution < 1.29 is 22.9 Å². The molecule has 1 amide bonds. The first-order valence-corrected chi connectivity index (χ1v) is 7.81. The first kappa shape index (κ1) is 19.4. The van der Waals surface area contributed by atoms with Gasteiger partial charge >= 0.3 is 6.18 Å². The number of alkyl halides is 3. The SMILES string of the molecule is O=C(NCC(N1CCNCC1)C(F)(F)F)c1ccc([N+](=O)[O-])cc1Cl. The highest BCUT2D eigenvalue weighted by Crippen LogP contribution is 2.26. The van der Waals surface area contributed by atoms with E-state index in [-0.39, 0.29) is 29.4 Å². The van der Waals surface area contributed by atoms with Gasteiger partial charge in [-0.05, 0) is 6.07 Å². The third-order valence-corrected chi connectivity index (χ3v) is 4.15. The molecular formula is C14H16ClF3N4O3. The van der Waals surface area contributed by atoms with Crippen LogP contribution in [0.15, 0.2) is 18.2 Å². The summed E-state index contributed by atoms with van der Waals surface area (Å²) in [6.45, 7) is 0.690. The Morgan fingerprint density at radius 2 is 2.04 bits per heavy atom. The minimum absolute atomic E-state index is 0.117. The number of hydrogen-bond donors (Lipinski definition) is 2. The fourth-order valence-corrected chi connectivity index (χ4v) is 2.79. The second-order valence-corrected chi connectivity index (χ2v) is 5.88. The zero-order valence-electron chi connectivity index (χ0n) is 13.0. The van der Waals surface area contributed by atoms with Crippen LogP contribution in [-0.2, 0) is 0 Å². The third kappa shape index (κ3) is 5.03. The van der Waals surface area contributed by atoms with E-state index in [1.54, 1.807) is 0 Å². The van der Waals surface area contributed by atoms with Crippen molar-refractivity contribution in [1.29, 1.82) is 0 Å². The number of nitrogens with zero attached hydrogens (tertiary/aromatic N) is 2. The maximum absolute atomic E-state index is 13.3. The van der Waals surface area contributed by atoms with E-state index < -0.39 is 29.6 Å². The lowest BCUT2D eigenvalue weighted by molar-refractivity contribution is -0.384. The molecule has 1 unspecified atom stereocenters. The molecule has 11 heteroatoms. The molecule has 0 aromatic heterocycles. The topological polar surface area (TPSA) is 87.5 Å².